The van der Waals surface area contributed by atoms with Gasteiger partial charge < -0.3 is 19.7 Å². The lowest BCUT2D eigenvalue weighted by Gasteiger charge is -2.37. The predicted octanol–water partition coefficient (Wildman–Crippen LogP) is 7.10. The van der Waals surface area contributed by atoms with Crippen LogP contribution in [0.5, 0.6) is 11.5 Å². The van der Waals surface area contributed by atoms with E-state index < -0.39 is 0 Å². The first-order valence-electron chi connectivity index (χ1n) is 13.0. The summed E-state index contributed by atoms with van der Waals surface area (Å²) < 4.78 is 12.7. The topological polar surface area (TPSA) is 33.7 Å². The molecule has 1 saturated carbocycles. The van der Waals surface area contributed by atoms with E-state index in [2.05, 4.69) is 74.7 Å². The number of benzene rings is 2. The molecule has 35 heavy (non-hydrogen) atoms. The SMILES string of the molecule is COc1cc(C2=CC(CN(c3ccc(Br)cc3)C3CCNCC3)=CCC2)cc(C2CCC2)c1OC. The molecule has 1 N–H and O–H groups in total. The normalized spacial score (nSPS) is 18.9. The highest BCUT2D eigenvalue weighted by molar-refractivity contribution is 9.10. The molecule has 0 atom stereocenters. The van der Waals surface area contributed by atoms with Gasteiger partial charge in [-0.2, -0.15) is 0 Å². The number of nitrogens with zero attached hydrogens (tertiary/aromatic N) is 1. The van der Waals surface area contributed by atoms with Crippen molar-refractivity contribution in [1.82, 2.24) is 5.32 Å². The third-order valence-electron chi connectivity index (χ3n) is 7.86. The molecule has 0 radical (unpaired) electrons. The van der Waals surface area contributed by atoms with E-state index in [4.69, 9.17) is 9.47 Å². The van der Waals surface area contributed by atoms with Crippen LogP contribution in [0.25, 0.3) is 5.57 Å². The van der Waals surface area contributed by atoms with Gasteiger partial charge in [0.25, 0.3) is 0 Å². The summed E-state index contributed by atoms with van der Waals surface area (Å²) in [4.78, 5) is 2.62. The molecule has 0 unspecified atom stereocenters. The summed E-state index contributed by atoms with van der Waals surface area (Å²) in [5, 5.41) is 3.52. The van der Waals surface area contributed by atoms with Crippen LogP contribution in [0.4, 0.5) is 5.69 Å². The highest BCUT2D eigenvalue weighted by atomic mass is 79.9. The van der Waals surface area contributed by atoms with Gasteiger partial charge in [-0.1, -0.05) is 34.5 Å². The number of hydrogen-bond acceptors (Lipinski definition) is 4. The van der Waals surface area contributed by atoms with Crippen molar-refractivity contribution in [2.75, 3.05) is 38.8 Å². The number of anilines is 1. The van der Waals surface area contributed by atoms with Gasteiger partial charge in [0.2, 0.25) is 0 Å². The Kier molecular flexibility index (Phi) is 7.84. The van der Waals surface area contributed by atoms with E-state index in [1.165, 1.54) is 60.1 Å². The van der Waals surface area contributed by atoms with Gasteiger partial charge in [0.05, 0.1) is 14.2 Å². The van der Waals surface area contributed by atoms with Gasteiger partial charge >= 0.3 is 0 Å². The fourth-order valence-corrected chi connectivity index (χ4v) is 5.95. The van der Waals surface area contributed by atoms with Crippen molar-refractivity contribution >= 4 is 27.2 Å². The summed E-state index contributed by atoms with van der Waals surface area (Å²) in [5.74, 6) is 2.36. The van der Waals surface area contributed by atoms with Crippen LogP contribution in [0.1, 0.15) is 62.0 Å². The first-order valence-corrected chi connectivity index (χ1v) is 13.8. The first kappa shape index (κ1) is 24.5. The zero-order valence-electron chi connectivity index (χ0n) is 21.0. The van der Waals surface area contributed by atoms with Crippen LogP contribution in [-0.4, -0.2) is 39.9 Å². The predicted molar refractivity (Wildman–Crippen MR) is 149 cm³/mol. The van der Waals surface area contributed by atoms with Gasteiger partial charge in [-0.25, -0.2) is 0 Å². The molecule has 186 valence electrons. The highest BCUT2D eigenvalue weighted by Crippen LogP contribution is 2.46. The molecule has 1 saturated heterocycles. The van der Waals surface area contributed by atoms with Gasteiger partial charge in [-0.3, -0.25) is 0 Å². The summed E-state index contributed by atoms with van der Waals surface area (Å²) in [7, 11) is 3.51. The quantitative estimate of drug-likeness (QED) is 0.390. The molecule has 2 aliphatic carbocycles. The number of hydrogen-bond donors (Lipinski definition) is 1. The van der Waals surface area contributed by atoms with E-state index in [0.29, 0.717) is 12.0 Å². The van der Waals surface area contributed by atoms with Crippen molar-refractivity contribution in [3.8, 4) is 11.5 Å². The maximum absolute atomic E-state index is 5.79. The second-order valence-corrected chi connectivity index (χ2v) is 10.9. The fraction of sp³-hybridized carbons (Fsp3) is 0.467. The number of ether oxygens (including phenoxy) is 2. The number of piperidine rings is 1. The molecule has 5 rings (SSSR count). The molecule has 1 heterocycles. The van der Waals surface area contributed by atoms with Gasteiger partial charge in [0, 0.05) is 28.3 Å². The van der Waals surface area contributed by atoms with Gasteiger partial charge in [-0.15, -0.1) is 0 Å². The average Bonchev–Trinajstić information content (AvgIpc) is 2.87. The van der Waals surface area contributed by atoms with Crippen LogP contribution < -0.4 is 19.7 Å². The Bertz CT molecular complexity index is 1080. The van der Waals surface area contributed by atoms with Crippen molar-refractivity contribution in [1.29, 1.82) is 0 Å². The Hall–Kier alpha value is -2.24. The molecule has 0 aromatic heterocycles. The second kappa shape index (κ2) is 11.2. The molecule has 0 bridgehead atoms. The fourth-order valence-electron chi connectivity index (χ4n) is 5.69. The highest BCUT2D eigenvalue weighted by Gasteiger charge is 2.27. The minimum absolute atomic E-state index is 0.559. The molecule has 2 fully saturated rings. The molecule has 2 aromatic rings. The third kappa shape index (κ3) is 5.46. The van der Waals surface area contributed by atoms with Crippen molar-refractivity contribution in [2.24, 2.45) is 0 Å². The zero-order chi connectivity index (χ0) is 24.2. The molecule has 2 aromatic carbocycles. The second-order valence-electron chi connectivity index (χ2n) is 10.0. The van der Waals surface area contributed by atoms with E-state index in [0.717, 1.165) is 48.4 Å². The average molecular weight is 538 g/mol. The molecule has 3 aliphatic rings. The largest absolute Gasteiger partial charge is 0.493 e. The Labute approximate surface area is 218 Å². The van der Waals surface area contributed by atoms with Gasteiger partial charge in [-0.05, 0) is 111 Å². The lowest BCUT2D eigenvalue weighted by molar-refractivity contribution is 0.337. The number of halogens is 1. The molecule has 0 amide bonds. The Morgan fingerprint density at radius 2 is 1.77 bits per heavy atom. The standard InChI is InChI=1S/C30H37BrN2O2/c1-34-29-19-24(18-28(30(29)35-2)22-6-4-7-22)23-8-3-5-21(17-23)20-33(27-13-15-32-16-14-27)26-11-9-25(31)10-12-26/h5,9-12,17-19,22,27,32H,3-4,6-8,13-16,20H2,1-2H3. The van der Waals surface area contributed by atoms with Crippen molar-refractivity contribution in [2.45, 2.75) is 56.9 Å². The summed E-state index contributed by atoms with van der Waals surface area (Å²) in [6, 6.07) is 13.9. The molecular formula is C30H37BrN2O2. The number of methoxy groups -OCH3 is 2. The van der Waals surface area contributed by atoms with Crippen molar-refractivity contribution in [3.05, 3.63) is 69.7 Å². The zero-order valence-corrected chi connectivity index (χ0v) is 22.6. The summed E-state index contributed by atoms with van der Waals surface area (Å²) >= 11 is 3.60. The van der Waals surface area contributed by atoms with Crippen molar-refractivity contribution in [3.63, 3.8) is 0 Å². The Morgan fingerprint density at radius 1 is 1.00 bits per heavy atom. The lowest BCUT2D eigenvalue weighted by Crippen LogP contribution is -2.44. The lowest BCUT2D eigenvalue weighted by atomic mass is 9.78. The maximum atomic E-state index is 5.79. The minimum atomic E-state index is 0.559. The molecule has 5 heteroatoms. The van der Waals surface area contributed by atoms with E-state index >= 15 is 0 Å². The number of allylic oxidation sites excluding steroid dienone is 2. The van der Waals surface area contributed by atoms with Crippen LogP contribution in [0.15, 0.2) is 58.6 Å². The van der Waals surface area contributed by atoms with E-state index in [1.807, 2.05) is 0 Å². The first-order chi connectivity index (χ1) is 17.2. The summed E-state index contributed by atoms with van der Waals surface area (Å²) in [6.45, 7) is 3.12. The van der Waals surface area contributed by atoms with Crippen LogP contribution in [0, 0.1) is 0 Å². The van der Waals surface area contributed by atoms with Crippen LogP contribution in [0.3, 0.4) is 0 Å². The molecule has 0 spiro atoms. The van der Waals surface area contributed by atoms with E-state index in [9.17, 15) is 0 Å². The Morgan fingerprint density at radius 3 is 2.43 bits per heavy atom. The molecule has 4 nitrogen and oxygen atoms in total. The van der Waals surface area contributed by atoms with Gasteiger partial charge in [0.1, 0.15) is 0 Å². The van der Waals surface area contributed by atoms with E-state index in [1.54, 1.807) is 14.2 Å². The van der Waals surface area contributed by atoms with Crippen molar-refractivity contribution < 1.29 is 9.47 Å². The third-order valence-corrected chi connectivity index (χ3v) is 8.39. The summed E-state index contributed by atoms with van der Waals surface area (Å²) in [6.07, 6.45) is 13.2. The maximum Gasteiger partial charge on any atom is 0.164 e. The number of nitrogens with one attached hydrogen (secondary N) is 1. The van der Waals surface area contributed by atoms with Crippen LogP contribution in [0.2, 0.25) is 0 Å². The minimum Gasteiger partial charge on any atom is -0.493 e. The monoisotopic (exact) mass is 536 g/mol. The summed E-state index contributed by atoms with van der Waals surface area (Å²) in [5.41, 5.74) is 6.72. The smallest absolute Gasteiger partial charge is 0.164 e. The molecular weight excluding hydrogens is 500 g/mol. The van der Waals surface area contributed by atoms with E-state index in [-0.39, 0.29) is 0 Å². The number of rotatable bonds is 8. The molecule has 1 aliphatic heterocycles. The van der Waals surface area contributed by atoms with Crippen LogP contribution in [-0.2, 0) is 0 Å². The van der Waals surface area contributed by atoms with Crippen LogP contribution >= 0.6 is 15.9 Å². The van der Waals surface area contributed by atoms with Gasteiger partial charge in [0.15, 0.2) is 11.5 Å². The Balaban J connectivity index is 1.44.